The normalized spacial score (nSPS) is 17.4. The number of piperidine rings is 1. The fourth-order valence-electron chi connectivity index (χ4n) is 7.28. The van der Waals surface area contributed by atoms with E-state index in [9.17, 15) is 24.3 Å². The molecule has 0 spiro atoms. The molecule has 1 aliphatic carbocycles. The Morgan fingerprint density at radius 3 is 2.35 bits per heavy atom. The number of rotatable bonds is 17. The third-order valence-electron chi connectivity index (χ3n) is 10.3. The van der Waals surface area contributed by atoms with Gasteiger partial charge in [0.15, 0.2) is 6.10 Å². The average molecular weight is 806 g/mol. The number of aromatic amines is 1. The van der Waals surface area contributed by atoms with Crippen LogP contribution in [0.25, 0.3) is 0 Å². The predicted octanol–water partition coefficient (Wildman–Crippen LogP) is 5.57. The van der Waals surface area contributed by atoms with Crippen molar-refractivity contribution in [2.45, 2.75) is 132 Å². The smallest absolute Gasteiger partial charge is 0.410 e. The predicted molar refractivity (Wildman–Crippen MR) is 217 cm³/mol. The lowest BCUT2D eigenvalue weighted by Crippen LogP contribution is -2.56. The highest BCUT2D eigenvalue weighted by Gasteiger charge is 2.34. The first-order chi connectivity index (χ1) is 27.4. The van der Waals surface area contributed by atoms with Crippen LogP contribution >= 0.6 is 11.8 Å². The van der Waals surface area contributed by atoms with Crippen LogP contribution in [0.4, 0.5) is 9.59 Å². The molecule has 3 aromatic rings. The van der Waals surface area contributed by atoms with Gasteiger partial charge in [-0.15, -0.1) is 11.8 Å². The van der Waals surface area contributed by atoms with Crippen molar-refractivity contribution >= 4 is 35.8 Å². The maximum Gasteiger partial charge on any atom is 0.410 e. The molecule has 0 bridgehead atoms. The Hall–Kier alpha value is -4.63. The number of nitrogens with one attached hydrogen (secondary N) is 4. The highest BCUT2D eigenvalue weighted by molar-refractivity contribution is 7.99. The molecule has 2 fully saturated rings. The average Bonchev–Trinajstić information content (AvgIpc) is 3.71. The number of amides is 4. The molecular weight excluding hydrogens is 747 g/mol. The lowest BCUT2D eigenvalue weighted by atomic mass is 9.83. The third kappa shape index (κ3) is 15.0. The van der Waals surface area contributed by atoms with Gasteiger partial charge in [0, 0.05) is 55.8 Å². The number of ether oxygens (including phenoxy) is 2. The first-order valence-corrected chi connectivity index (χ1v) is 21.2. The standard InChI is InChI=1S/C42H59N7O7S/c1-42(2,3)56-40(53)46-31-17-21-49(22-18-31)41(54)55-36(25-30-14-8-5-9-15-30)39(52)48-34(26-32-27-43-28-45-32)38(51)47-33(24-29-12-6-4-7-13-29)35(50)19-23-57-37-16-10-11-20-44-37/h5,8-11,14-16,20,27-29,31,33-36,50H,4,6-7,12-13,17-19,21-26H2,1-3H3,(H,43,45)(H,46,53)(H,47,51)(H,48,52)/t33-,34-,35-,36-/m0/s1. The first kappa shape index (κ1) is 43.5. The Labute approximate surface area is 340 Å². The van der Waals surface area contributed by atoms with Gasteiger partial charge in [0.2, 0.25) is 5.91 Å². The molecule has 5 N–H and O–H groups in total. The van der Waals surface area contributed by atoms with Crippen LogP contribution in [-0.4, -0.2) is 104 Å². The van der Waals surface area contributed by atoms with Crippen molar-refractivity contribution < 1.29 is 33.8 Å². The van der Waals surface area contributed by atoms with Crippen LogP contribution in [0.2, 0.25) is 0 Å². The zero-order valence-corrected chi connectivity index (χ0v) is 34.2. The summed E-state index contributed by atoms with van der Waals surface area (Å²) >= 11 is 1.55. The largest absolute Gasteiger partial charge is 0.444 e. The Morgan fingerprint density at radius 1 is 0.947 bits per heavy atom. The number of H-pyrrole nitrogens is 1. The van der Waals surface area contributed by atoms with Gasteiger partial charge in [0.05, 0.1) is 23.5 Å². The van der Waals surface area contributed by atoms with E-state index in [1.807, 2.05) is 48.5 Å². The number of thioether (sulfide) groups is 1. The summed E-state index contributed by atoms with van der Waals surface area (Å²) in [7, 11) is 0. The molecule has 1 aliphatic heterocycles. The number of alkyl carbamates (subject to hydrolysis) is 1. The van der Waals surface area contributed by atoms with Crippen molar-refractivity contribution in [3.8, 4) is 0 Å². The third-order valence-corrected chi connectivity index (χ3v) is 11.3. The number of likely N-dealkylation sites (tertiary alicyclic amines) is 1. The molecule has 15 heteroatoms. The number of hydrogen-bond acceptors (Lipinski definition) is 10. The van der Waals surface area contributed by atoms with Crippen molar-refractivity contribution in [2.75, 3.05) is 18.8 Å². The molecule has 4 amide bonds. The van der Waals surface area contributed by atoms with Gasteiger partial charge in [-0.3, -0.25) is 9.59 Å². The number of carbonyl (C=O) groups excluding carboxylic acids is 4. The van der Waals surface area contributed by atoms with Crippen LogP contribution in [0.1, 0.15) is 89.8 Å². The lowest BCUT2D eigenvalue weighted by Gasteiger charge is -2.33. The van der Waals surface area contributed by atoms with E-state index >= 15 is 0 Å². The topological polar surface area (TPSA) is 188 Å². The highest BCUT2D eigenvalue weighted by Crippen LogP contribution is 2.29. The zero-order valence-electron chi connectivity index (χ0n) is 33.4. The molecule has 2 aliphatic rings. The molecule has 0 unspecified atom stereocenters. The molecule has 0 radical (unpaired) electrons. The number of imidazole rings is 1. The van der Waals surface area contributed by atoms with Gasteiger partial charge in [-0.1, -0.05) is 68.5 Å². The molecule has 14 nitrogen and oxygen atoms in total. The summed E-state index contributed by atoms with van der Waals surface area (Å²) in [6.07, 6.45) is 9.38. The molecule has 1 saturated heterocycles. The fourth-order valence-corrected chi connectivity index (χ4v) is 8.16. The number of benzene rings is 1. The fraction of sp³-hybridized carbons (Fsp3) is 0.571. The molecule has 3 heterocycles. The minimum Gasteiger partial charge on any atom is -0.444 e. The number of nitrogens with zero attached hydrogens (tertiary/aromatic N) is 3. The van der Waals surface area contributed by atoms with Crippen molar-refractivity contribution in [1.29, 1.82) is 0 Å². The van der Waals surface area contributed by atoms with E-state index in [4.69, 9.17) is 9.47 Å². The maximum atomic E-state index is 14.2. The molecule has 5 rings (SSSR count). The van der Waals surface area contributed by atoms with E-state index in [2.05, 4.69) is 30.9 Å². The van der Waals surface area contributed by atoms with Crippen LogP contribution in [0, 0.1) is 5.92 Å². The van der Waals surface area contributed by atoms with Crippen molar-refractivity contribution in [1.82, 2.24) is 35.8 Å². The number of carbonyl (C=O) groups is 4. The Balaban J connectivity index is 1.26. The summed E-state index contributed by atoms with van der Waals surface area (Å²) in [5, 5.41) is 21.3. The number of pyridine rings is 1. The maximum absolute atomic E-state index is 14.2. The van der Waals surface area contributed by atoms with Gasteiger partial charge in [-0.2, -0.15) is 0 Å². The van der Waals surface area contributed by atoms with E-state index in [1.54, 1.807) is 44.9 Å². The summed E-state index contributed by atoms with van der Waals surface area (Å²) in [6, 6.07) is 13.2. The van der Waals surface area contributed by atoms with E-state index in [0.29, 0.717) is 56.1 Å². The quantitative estimate of drug-likeness (QED) is 0.108. The van der Waals surface area contributed by atoms with E-state index in [-0.39, 0.29) is 18.9 Å². The van der Waals surface area contributed by atoms with Crippen LogP contribution in [0.3, 0.4) is 0 Å². The lowest BCUT2D eigenvalue weighted by molar-refractivity contribution is -0.135. The Morgan fingerprint density at radius 2 is 1.68 bits per heavy atom. The molecule has 57 heavy (non-hydrogen) atoms. The SMILES string of the molecule is CC(C)(C)OC(=O)NC1CCN(C(=O)O[C@@H](Cc2ccccc2)C(=O)N[C@@H](Cc2cnc[nH]2)C(=O)N[C@@H](CC2CCCCC2)[C@@H](O)CCSc2ccccn2)CC1. The molecule has 1 aromatic carbocycles. The van der Waals surface area contributed by atoms with Gasteiger partial charge in [0.25, 0.3) is 5.91 Å². The van der Waals surface area contributed by atoms with E-state index in [0.717, 1.165) is 36.3 Å². The van der Waals surface area contributed by atoms with Crippen LogP contribution in [-0.2, 0) is 31.9 Å². The molecule has 310 valence electrons. The number of aromatic nitrogens is 3. The minimum absolute atomic E-state index is 0.0877. The van der Waals surface area contributed by atoms with Gasteiger partial charge in [-0.05, 0) is 70.1 Å². The second-order valence-corrected chi connectivity index (χ2v) is 17.2. The van der Waals surface area contributed by atoms with Crippen molar-refractivity contribution in [3.05, 3.63) is 78.5 Å². The molecule has 4 atom stereocenters. The number of aliphatic hydroxyl groups excluding tert-OH is 1. The highest BCUT2D eigenvalue weighted by atomic mass is 32.2. The van der Waals surface area contributed by atoms with Crippen LogP contribution < -0.4 is 16.0 Å². The number of hydrogen-bond donors (Lipinski definition) is 5. The summed E-state index contributed by atoms with van der Waals surface area (Å²) in [5.41, 5.74) is 0.782. The monoisotopic (exact) mass is 805 g/mol. The van der Waals surface area contributed by atoms with E-state index < -0.39 is 53.9 Å². The summed E-state index contributed by atoms with van der Waals surface area (Å²) in [6.45, 7) is 6.02. The van der Waals surface area contributed by atoms with Gasteiger partial charge in [-0.25, -0.2) is 19.6 Å². The van der Waals surface area contributed by atoms with E-state index in [1.165, 1.54) is 17.6 Å². The van der Waals surface area contributed by atoms with Gasteiger partial charge >= 0.3 is 12.2 Å². The first-order valence-electron chi connectivity index (χ1n) is 20.2. The Kier molecular flexibility index (Phi) is 16.6. The molecular formula is C42H59N7O7S. The van der Waals surface area contributed by atoms with Crippen molar-refractivity contribution in [3.63, 3.8) is 0 Å². The van der Waals surface area contributed by atoms with Gasteiger partial charge in [0.1, 0.15) is 11.6 Å². The Bertz CT molecular complexity index is 1680. The summed E-state index contributed by atoms with van der Waals surface area (Å²) in [5.74, 6) is -0.0757. The minimum atomic E-state index is -1.25. The second-order valence-electron chi connectivity index (χ2n) is 16.0. The van der Waals surface area contributed by atoms with Crippen LogP contribution in [0.15, 0.2) is 72.3 Å². The van der Waals surface area contributed by atoms with Crippen molar-refractivity contribution in [2.24, 2.45) is 5.92 Å². The van der Waals surface area contributed by atoms with Crippen LogP contribution in [0.5, 0.6) is 0 Å². The summed E-state index contributed by atoms with van der Waals surface area (Å²) in [4.78, 5) is 67.3. The number of aliphatic hydroxyl groups is 1. The molecule has 2 aromatic heterocycles. The molecule has 1 saturated carbocycles. The second kappa shape index (κ2) is 21.8. The zero-order chi connectivity index (χ0) is 40.6. The van der Waals surface area contributed by atoms with Gasteiger partial charge < -0.3 is 40.4 Å². The summed E-state index contributed by atoms with van der Waals surface area (Å²) < 4.78 is 11.3.